The number of aryl methyl sites for hydroxylation is 1. The molecule has 0 aliphatic rings. The molecule has 5 heteroatoms. The number of carbonyl (C=O) groups excluding carboxylic acids is 1. The minimum Gasteiger partial charge on any atom is -0.303 e. The van der Waals surface area contributed by atoms with Crippen molar-refractivity contribution >= 4 is 12.0 Å². The van der Waals surface area contributed by atoms with E-state index in [1.807, 2.05) is 0 Å². The lowest BCUT2D eigenvalue weighted by molar-refractivity contribution is -0.385. The van der Waals surface area contributed by atoms with Crippen LogP contribution in [-0.4, -0.2) is 11.2 Å². The normalized spacial score (nSPS) is 9.79. The third-order valence-electron chi connectivity index (χ3n) is 1.78. The molecule has 0 atom stereocenters. The number of rotatable bonds is 4. The van der Waals surface area contributed by atoms with Crippen molar-refractivity contribution in [2.24, 2.45) is 0 Å². The van der Waals surface area contributed by atoms with Crippen LogP contribution in [0.2, 0.25) is 0 Å². The molecule has 74 valence electrons. The lowest BCUT2D eigenvalue weighted by atomic mass is 10.1. The van der Waals surface area contributed by atoms with Crippen molar-refractivity contribution in [2.75, 3.05) is 0 Å². The lowest BCUT2D eigenvalue weighted by Gasteiger charge is -1.99. The van der Waals surface area contributed by atoms with E-state index in [0.29, 0.717) is 11.8 Å². The molecule has 0 saturated carbocycles. The monoisotopic (exact) mass is 197 g/mol. The molecule has 14 heavy (non-hydrogen) atoms. The van der Waals surface area contributed by atoms with Crippen LogP contribution in [0.15, 0.2) is 18.2 Å². The number of nitro groups is 1. The largest absolute Gasteiger partial charge is 0.303 e. The molecule has 1 rings (SSSR count). The van der Waals surface area contributed by atoms with Gasteiger partial charge in [-0.15, -0.1) is 0 Å². The fourth-order valence-electron chi connectivity index (χ4n) is 1.13. The number of halogens is 1. The molecule has 0 aliphatic heterocycles. The third-order valence-corrected chi connectivity index (χ3v) is 1.78. The van der Waals surface area contributed by atoms with Crippen LogP contribution >= 0.6 is 0 Å². The molecule has 0 aliphatic carbocycles. The summed E-state index contributed by atoms with van der Waals surface area (Å²) in [4.78, 5) is 19.9. The highest BCUT2D eigenvalue weighted by molar-refractivity contribution is 5.51. The lowest BCUT2D eigenvalue weighted by Crippen LogP contribution is -1.96. The van der Waals surface area contributed by atoms with Crippen LogP contribution in [0.4, 0.5) is 10.1 Å². The maximum Gasteiger partial charge on any atom is 0.275 e. The average molecular weight is 197 g/mol. The highest BCUT2D eigenvalue weighted by Crippen LogP contribution is 2.20. The van der Waals surface area contributed by atoms with E-state index in [9.17, 15) is 19.3 Å². The summed E-state index contributed by atoms with van der Waals surface area (Å²) >= 11 is 0. The minimum absolute atomic E-state index is 0.201. The van der Waals surface area contributed by atoms with Crippen molar-refractivity contribution in [2.45, 2.75) is 12.8 Å². The van der Waals surface area contributed by atoms with E-state index in [1.54, 1.807) is 0 Å². The predicted octanol–water partition coefficient (Wildman–Crippen LogP) is 1.87. The maximum atomic E-state index is 12.7. The Hall–Kier alpha value is -1.78. The van der Waals surface area contributed by atoms with E-state index in [-0.39, 0.29) is 18.5 Å². The predicted molar refractivity (Wildman–Crippen MR) is 47.4 cm³/mol. The van der Waals surface area contributed by atoms with Gasteiger partial charge in [0.1, 0.15) is 12.1 Å². The first-order chi connectivity index (χ1) is 6.65. The average Bonchev–Trinajstić information content (AvgIpc) is 2.15. The van der Waals surface area contributed by atoms with E-state index in [4.69, 9.17) is 0 Å². The van der Waals surface area contributed by atoms with Gasteiger partial charge in [0.15, 0.2) is 0 Å². The molecule has 0 heterocycles. The zero-order valence-corrected chi connectivity index (χ0v) is 7.27. The fraction of sp³-hybridized carbons (Fsp3) is 0.222. The molecule has 0 aromatic heterocycles. The Bertz CT molecular complexity index is 365. The van der Waals surface area contributed by atoms with Gasteiger partial charge < -0.3 is 4.79 Å². The maximum absolute atomic E-state index is 12.7. The SMILES string of the molecule is O=CCCc1ccc(F)cc1[N+](=O)[O-]. The second-order valence-electron chi connectivity index (χ2n) is 2.74. The van der Waals surface area contributed by atoms with E-state index >= 15 is 0 Å². The van der Waals surface area contributed by atoms with Gasteiger partial charge in [-0.05, 0) is 18.6 Å². The molecule has 0 amide bonds. The number of aldehydes is 1. The summed E-state index contributed by atoms with van der Waals surface area (Å²) in [5.74, 6) is -0.647. The standard InChI is InChI=1S/C9H8FNO3/c10-8-4-3-7(2-1-5-12)9(6-8)11(13)14/h3-6H,1-2H2. The van der Waals surface area contributed by atoms with Gasteiger partial charge in [0.25, 0.3) is 5.69 Å². The molecule has 0 bridgehead atoms. The second-order valence-corrected chi connectivity index (χ2v) is 2.74. The van der Waals surface area contributed by atoms with Gasteiger partial charge in [0.05, 0.1) is 11.0 Å². The quantitative estimate of drug-likeness (QED) is 0.420. The van der Waals surface area contributed by atoms with Crippen LogP contribution in [-0.2, 0) is 11.2 Å². The van der Waals surface area contributed by atoms with Crippen molar-refractivity contribution in [1.82, 2.24) is 0 Å². The van der Waals surface area contributed by atoms with Gasteiger partial charge in [-0.25, -0.2) is 4.39 Å². The van der Waals surface area contributed by atoms with Gasteiger partial charge in [0.2, 0.25) is 0 Å². The zero-order valence-electron chi connectivity index (χ0n) is 7.27. The van der Waals surface area contributed by atoms with E-state index < -0.39 is 10.7 Å². The Morgan fingerprint density at radius 3 is 2.79 bits per heavy atom. The molecule has 1 aromatic rings. The number of benzene rings is 1. The molecule has 0 spiro atoms. The summed E-state index contributed by atoms with van der Waals surface area (Å²) < 4.78 is 12.7. The van der Waals surface area contributed by atoms with Crippen LogP contribution in [0.25, 0.3) is 0 Å². The summed E-state index contributed by atoms with van der Waals surface area (Å²) in [6.45, 7) is 0. The zero-order chi connectivity index (χ0) is 10.6. The highest BCUT2D eigenvalue weighted by Gasteiger charge is 2.13. The van der Waals surface area contributed by atoms with Crippen molar-refractivity contribution in [3.05, 3.63) is 39.7 Å². The number of nitro benzene ring substituents is 1. The van der Waals surface area contributed by atoms with Crippen LogP contribution < -0.4 is 0 Å². The summed E-state index contributed by atoms with van der Waals surface area (Å²) in [5, 5.41) is 10.5. The van der Waals surface area contributed by atoms with Crippen LogP contribution in [0.1, 0.15) is 12.0 Å². The Morgan fingerprint density at radius 2 is 2.21 bits per heavy atom. The summed E-state index contributed by atoms with van der Waals surface area (Å²) in [6.07, 6.45) is 1.14. The van der Waals surface area contributed by atoms with Crippen molar-refractivity contribution in [3.63, 3.8) is 0 Å². The van der Waals surface area contributed by atoms with E-state index in [0.717, 1.165) is 12.1 Å². The summed E-state index contributed by atoms with van der Waals surface area (Å²) in [5.41, 5.74) is 0.107. The smallest absolute Gasteiger partial charge is 0.275 e. The van der Waals surface area contributed by atoms with Gasteiger partial charge in [-0.1, -0.05) is 0 Å². The Labute approximate surface area is 79.5 Å². The van der Waals surface area contributed by atoms with Gasteiger partial charge in [-0.2, -0.15) is 0 Å². The van der Waals surface area contributed by atoms with Crippen LogP contribution in [0.5, 0.6) is 0 Å². The first-order valence-electron chi connectivity index (χ1n) is 4.01. The van der Waals surface area contributed by atoms with E-state index in [2.05, 4.69) is 0 Å². The molecule has 0 fully saturated rings. The highest BCUT2D eigenvalue weighted by atomic mass is 19.1. The second kappa shape index (κ2) is 4.45. The molecule has 1 aromatic carbocycles. The van der Waals surface area contributed by atoms with Crippen LogP contribution in [0, 0.1) is 15.9 Å². The topological polar surface area (TPSA) is 60.2 Å². The molecule has 4 nitrogen and oxygen atoms in total. The third kappa shape index (κ3) is 2.35. The summed E-state index contributed by atoms with van der Waals surface area (Å²) in [6, 6.07) is 3.34. The molecule has 0 saturated heterocycles. The first-order valence-corrected chi connectivity index (χ1v) is 4.01. The Morgan fingerprint density at radius 1 is 1.50 bits per heavy atom. The van der Waals surface area contributed by atoms with Crippen molar-refractivity contribution < 1.29 is 14.1 Å². The molecular formula is C9H8FNO3. The van der Waals surface area contributed by atoms with E-state index in [1.165, 1.54) is 6.07 Å². The minimum atomic E-state index is -0.650. The van der Waals surface area contributed by atoms with Crippen molar-refractivity contribution in [1.29, 1.82) is 0 Å². The van der Waals surface area contributed by atoms with Gasteiger partial charge in [0, 0.05) is 12.0 Å². The van der Waals surface area contributed by atoms with Crippen molar-refractivity contribution in [3.8, 4) is 0 Å². The number of hydrogen-bond donors (Lipinski definition) is 0. The number of hydrogen-bond acceptors (Lipinski definition) is 3. The molecular weight excluding hydrogens is 189 g/mol. The fourth-order valence-corrected chi connectivity index (χ4v) is 1.13. The number of nitrogens with zero attached hydrogens (tertiary/aromatic N) is 1. The molecule has 0 unspecified atom stereocenters. The molecule has 0 N–H and O–H groups in total. The Balaban J connectivity index is 3.01. The van der Waals surface area contributed by atoms with Gasteiger partial charge in [-0.3, -0.25) is 10.1 Å². The Kier molecular flexibility index (Phi) is 3.28. The van der Waals surface area contributed by atoms with Gasteiger partial charge >= 0.3 is 0 Å². The summed E-state index contributed by atoms with van der Waals surface area (Å²) in [7, 11) is 0. The van der Waals surface area contributed by atoms with Crippen LogP contribution in [0.3, 0.4) is 0 Å². The first kappa shape index (κ1) is 10.3. The number of carbonyl (C=O) groups is 1. The molecule has 0 radical (unpaired) electrons.